The lowest BCUT2D eigenvalue weighted by molar-refractivity contribution is 0.0495. The van der Waals surface area contributed by atoms with Gasteiger partial charge in [0.15, 0.2) is 0 Å². The number of hydrogen-bond donors (Lipinski definition) is 1. The average molecular weight is 334 g/mol. The summed E-state index contributed by atoms with van der Waals surface area (Å²) in [5.74, 6) is 0.633. The third-order valence-electron chi connectivity index (χ3n) is 4.74. The predicted molar refractivity (Wildman–Crippen MR) is 96.3 cm³/mol. The Morgan fingerprint density at radius 3 is 2.68 bits per heavy atom. The molecule has 5 heteroatoms. The lowest BCUT2D eigenvalue weighted by atomic mass is 9.93. The summed E-state index contributed by atoms with van der Waals surface area (Å²) in [7, 11) is 1.93. The molecule has 0 unspecified atom stereocenters. The highest BCUT2D eigenvalue weighted by molar-refractivity contribution is 5.93. The van der Waals surface area contributed by atoms with Crippen molar-refractivity contribution in [2.75, 3.05) is 13.1 Å². The molecule has 1 amide bonds. The standard InChI is InChI=1S/C20H22N4O/c1-23-12-16(11-21-23)9-17-13-24(14-17)20(25)19-8-7-18(22-19)10-15-5-3-2-4-6-15/h2-8,11-12,17,22H,9-10,13-14H2,1H3. The van der Waals surface area contributed by atoms with Crippen molar-refractivity contribution in [3.8, 4) is 0 Å². The Balaban J connectivity index is 1.32. The van der Waals surface area contributed by atoms with Crippen molar-refractivity contribution in [1.29, 1.82) is 0 Å². The predicted octanol–water partition coefficient (Wildman–Crippen LogP) is 2.65. The van der Waals surface area contributed by atoms with E-state index in [1.807, 2.05) is 59.4 Å². The van der Waals surface area contributed by atoms with E-state index in [1.54, 1.807) is 0 Å². The van der Waals surface area contributed by atoms with Crippen molar-refractivity contribution in [3.63, 3.8) is 0 Å². The van der Waals surface area contributed by atoms with E-state index in [1.165, 1.54) is 11.1 Å². The maximum atomic E-state index is 12.6. The number of likely N-dealkylation sites (tertiary alicyclic amines) is 1. The van der Waals surface area contributed by atoms with E-state index in [0.717, 1.165) is 31.6 Å². The van der Waals surface area contributed by atoms with Gasteiger partial charge in [-0.1, -0.05) is 30.3 Å². The van der Waals surface area contributed by atoms with Gasteiger partial charge in [0, 0.05) is 38.4 Å². The van der Waals surface area contributed by atoms with Crippen LogP contribution in [0.3, 0.4) is 0 Å². The first kappa shape index (κ1) is 15.7. The third-order valence-corrected chi connectivity index (χ3v) is 4.74. The van der Waals surface area contributed by atoms with Crippen LogP contribution in [0.25, 0.3) is 0 Å². The smallest absolute Gasteiger partial charge is 0.270 e. The minimum Gasteiger partial charge on any atom is -0.354 e. The van der Waals surface area contributed by atoms with Gasteiger partial charge < -0.3 is 9.88 Å². The van der Waals surface area contributed by atoms with Crippen molar-refractivity contribution in [1.82, 2.24) is 19.7 Å². The van der Waals surface area contributed by atoms with Gasteiger partial charge >= 0.3 is 0 Å². The number of hydrogen-bond acceptors (Lipinski definition) is 2. The number of aryl methyl sites for hydroxylation is 1. The van der Waals surface area contributed by atoms with Gasteiger partial charge in [0.25, 0.3) is 5.91 Å². The van der Waals surface area contributed by atoms with E-state index >= 15 is 0 Å². The molecule has 128 valence electrons. The SMILES string of the molecule is Cn1cc(CC2CN(C(=O)c3ccc(Cc4ccccc4)[nH]3)C2)cn1. The maximum absolute atomic E-state index is 12.6. The number of rotatable bonds is 5. The summed E-state index contributed by atoms with van der Waals surface area (Å²) in [5.41, 5.74) is 4.24. The van der Waals surface area contributed by atoms with Crippen molar-refractivity contribution in [3.05, 3.63) is 77.4 Å². The second-order valence-electron chi connectivity index (χ2n) is 6.86. The third kappa shape index (κ3) is 3.50. The Labute approximate surface area is 147 Å². The number of nitrogens with one attached hydrogen (secondary N) is 1. The molecule has 1 aliphatic heterocycles. The van der Waals surface area contributed by atoms with E-state index in [4.69, 9.17) is 0 Å². The summed E-state index contributed by atoms with van der Waals surface area (Å²) in [5, 5.41) is 4.20. The molecule has 3 aromatic rings. The van der Waals surface area contributed by atoms with Crippen LogP contribution >= 0.6 is 0 Å². The van der Waals surface area contributed by atoms with Gasteiger partial charge in [-0.2, -0.15) is 5.10 Å². The minimum atomic E-state index is 0.0988. The topological polar surface area (TPSA) is 53.9 Å². The Hall–Kier alpha value is -2.82. The number of nitrogens with zero attached hydrogens (tertiary/aromatic N) is 3. The molecule has 0 radical (unpaired) electrons. The van der Waals surface area contributed by atoms with Crippen LogP contribution in [0.2, 0.25) is 0 Å². The van der Waals surface area contributed by atoms with Crippen LogP contribution < -0.4 is 0 Å². The van der Waals surface area contributed by atoms with Crippen molar-refractivity contribution < 1.29 is 4.79 Å². The van der Waals surface area contributed by atoms with Gasteiger partial charge in [-0.3, -0.25) is 9.48 Å². The van der Waals surface area contributed by atoms with E-state index < -0.39 is 0 Å². The summed E-state index contributed by atoms with van der Waals surface area (Å²) in [4.78, 5) is 17.8. The molecular formula is C20H22N4O. The second kappa shape index (κ2) is 6.59. The number of carbonyl (C=O) groups excluding carboxylic acids is 1. The molecule has 1 fully saturated rings. The van der Waals surface area contributed by atoms with E-state index in [-0.39, 0.29) is 5.91 Å². The monoisotopic (exact) mass is 334 g/mol. The fourth-order valence-corrected chi connectivity index (χ4v) is 3.43. The van der Waals surface area contributed by atoms with Crippen LogP contribution in [-0.2, 0) is 19.9 Å². The number of benzene rings is 1. The first-order valence-electron chi connectivity index (χ1n) is 8.66. The Bertz CT molecular complexity index is 859. The fraction of sp³-hybridized carbons (Fsp3) is 0.300. The molecule has 1 aliphatic rings. The van der Waals surface area contributed by atoms with Crippen LogP contribution in [0.15, 0.2) is 54.9 Å². The van der Waals surface area contributed by atoms with Crippen molar-refractivity contribution >= 4 is 5.91 Å². The number of H-pyrrole nitrogens is 1. The Morgan fingerprint density at radius 2 is 1.96 bits per heavy atom. The van der Waals surface area contributed by atoms with E-state index in [2.05, 4.69) is 22.2 Å². The number of aromatic amines is 1. The zero-order chi connectivity index (χ0) is 17.2. The lowest BCUT2D eigenvalue weighted by Crippen LogP contribution is -2.50. The molecule has 1 aromatic carbocycles. The van der Waals surface area contributed by atoms with E-state index in [9.17, 15) is 4.79 Å². The summed E-state index contributed by atoms with van der Waals surface area (Å²) < 4.78 is 1.82. The molecule has 3 heterocycles. The molecule has 25 heavy (non-hydrogen) atoms. The van der Waals surface area contributed by atoms with Crippen LogP contribution in [0.1, 0.15) is 27.3 Å². The quantitative estimate of drug-likeness (QED) is 0.780. The van der Waals surface area contributed by atoms with Gasteiger partial charge in [-0.25, -0.2) is 0 Å². The van der Waals surface area contributed by atoms with Gasteiger partial charge in [0.05, 0.1) is 6.20 Å². The first-order valence-corrected chi connectivity index (χ1v) is 8.66. The van der Waals surface area contributed by atoms with Crippen LogP contribution in [-0.4, -0.2) is 38.7 Å². The van der Waals surface area contributed by atoms with Crippen molar-refractivity contribution in [2.24, 2.45) is 13.0 Å². The molecule has 0 atom stereocenters. The number of amides is 1. The summed E-state index contributed by atoms with van der Waals surface area (Å²) in [6.45, 7) is 1.64. The maximum Gasteiger partial charge on any atom is 0.270 e. The molecular weight excluding hydrogens is 312 g/mol. The molecule has 1 N–H and O–H groups in total. The molecule has 1 saturated heterocycles. The van der Waals surface area contributed by atoms with Crippen LogP contribution in [0.4, 0.5) is 0 Å². The summed E-state index contributed by atoms with van der Waals surface area (Å²) >= 11 is 0. The summed E-state index contributed by atoms with van der Waals surface area (Å²) in [6, 6.07) is 14.2. The van der Waals surface area contributed by atoms with Gasteiger partial charge in [-0.05, 0) is 35.6 Å². The molecule has 2 aromatic heterocycles. The zero-order valence-corrected chi connectivity index (χ0v) is 14.4. The summed E-state index contributed by atoms with van der Waals surface area (Å²) in [6.07, 6.45) is 5.76. The molecule has 0 aliphatic carbocycles. The van der Waals surface area contributed by atoms with E-state index in [0.29, 0.717) is 11.6 Å². The highest BCUT2D eigenvalue weighted by Gasteiger charge is 2.31. The minimum absolute atomic E-state index is 0.0988. The van der Waals surface area contributed by atoms with Crippen molar-refractivity contribution in [2.45, 2.75) is 12.8 Å². The zero-order valence-electron chi connectivity index (χ0n) is 14.4. The van der Waals surface area contributed by atoms with Crippen LogP contribution in [0, 0.1) is 5.92 Å². The number of carbonyl (C=O) groups is 1. The van der Waals surface area contributed by atoms with Gasteiger partial charge in [0.1, 0.15) is 5.69 Å². The Morgan fingerprint density at radius 1 is 1.16 bits per heavy atom. The van der Waals surface area contributed by atoms with Gasteiger partial charge in [0.2, 0.25) is 0 Å². The molecule has 0 spiro atoms. The molecule has 5 nitrogen and oxygen atoms in total. The normalized spacial score (nSPS) is 14.5. The second-order valence-corrected chi connectivity index (χ2v) is 6.86. The highest BCUT2D eigenvalue weighted by atomic mass is 16.2. The van der Waals surface area contributed by atoms with Crippen LogP contribution in [0.5, 0.6) is 0 Å². The first-order chi connectivity index (χ1) is 12.2. The lowest BCUT2D eigenvalue weighted by Gasteiger charge is -2.39. The van der Waals surface area contributed by atoms with Gasteiger partial charge in [-0.15, -0.1) is 0 Å². The highest BCUT2D eigenvalue weighted by Crippen LogP contribution is 2.22. The molecule has 0 saturated carbocycles. The Kier molecular flexibility index (Phi) is 4.14. The molecule has 0 bridgehead atoms. The largest absolute Gasteiger partial charge is 0.354 e. The number of aromatic nitrogens is 3. The average Bonchev–Trinajstić information content (AvgIpc) is 3.20. The molecule has 4 rings (SSSR count). The fourth-order valence-electron chi connectivity index (χ4n) is 3.43.